The maximum atomic E-state index is 12.2. The largest absolute Gasteiger partial charge is 0.493 e. The van der Waals surface area contributed by atoms with Crippen LogP contribution in [0.15, 0.2) is 71.8 Å². The highest BCUT2D eigenvalue weighted by atomic mass is 16.5. The lowest BCUT2D eigenvalue weighted by Gasteiger charge is -2.11. The van der Waals surface area contributed by atoms with Crippen molar-refractivity contribution in [3.8, 4) is 11.5 Å². The zero-order valence-electron chi connectivity index (χ0n) is 18.6. The summed E-state index contributed by atoms with van der Waals surface area (Å²) >= 11 is 0. The van der Waals surface area contributed by atoms with Gasteiger partial charge in [0.05, 0.1) is 18.9 Å². The molecule has 34 heavy (non-hydrogen) atoms. The van der Waals surface area contributed by atoms with E-state index >= 15 is 0 Å². The summed E-state index contributed by atoms with van der Waals surface area (Å²) in [5, 5.41) is 15.7. The topological polar surface area (TPSA) is 126 Å². The number of carboxylic acids is 1. The Morgan fingerprint density at radius 2 is 1.74 bits per heavy atom. The molecule has 174 valence electrons. The molecular formula is C25H23N3O6. The van der Waals surface area contributed by atoms with E-state index in [-0.39, 0.29) is 18.1 Å². The number of hydrogen-bond acceptors (Lipinski definition) is 6. The molecule has 2 amide bonds. The first-order valence-electron chi connectivity index (χ1n) is 10.2. The van der Waals surface area contributed by atoms with Crippen LogP contribution in [0.4, 0.5) is 5.69 Å². The lowest BCUT2D eigenvalue weighted by Crippen LogP contribution is -2.17. The fourth-order valence-corrected chi connectivity index (χ4v) is 2.98. The molecule has 0 spiro atoms. The van der Waals surface area contributed by atoms with Crippen molar-refractivity contribution in [2.45, 2.75) is 13.5 Å². The molecule has 0 aliphatic carbocycles. The van der Waals surface area contributed by atoms with Crippen LogP contribution in [0.25, 0.3) is 0 Å². The molecule has 3 aromatic rings. The average Bonchev–Trinajstić information content (AvgIpc) is 2.83. The Hall–Kier alpha value is -4.66. The summed E-state index contributed by atoms with van der Waals surface area (Å²) in [6, 6.07) is 18.0. The van der Waals surface area contributed by atoms with E-state index in [1.165, 1.54) is 26.3 Å². The molecule has 3 rings (SSSR count). The number of nitrogens with zero attached hydrogens (tertiary/aromatic N) is 1. The summed E-state index contributed by atoms with van der Waals surface area (Å²) in [6.45, 7) is 1.57. The van der Waals surface area contributed by atoms with Crippen LogP contribution >= 0.6 is 0 Å². The van der Waals surface area contributed by atoms with Gasteiger partial charge in [-0.3, -0.25) is 9.59 Å². The molecule has 0 aromatic heterocycles. The van der Waals surface area contributed by atoms with E-state index < -0.39 is 11.9 Å². The third kappa shape index (κ3) is 6.67. The van der Waals surface area contributed by atoms with Crippen LogP contribution in [0.1, 0.15) is 38.8 Å². The van der Waals surface area contributed by atoms with Crippen LogP contribution in [0, 0.1) is 0 Å². The molecule has 9 nitrogen and oxygen atoms in total. The smallest absolute Gasteiger partial charge is 0.335 e. The van der Waals surface area contributed by atoms with E-state index in [0.29, 0.717) is 33.9 Å². The van der Waals surface area contributed by atoms with Crippen molar-refractivity contribution in [3.63, 3.8) is 0 Å². The van der Waals surface area contributed by atoms with E-state index in [9.17, 15) is 14.4 Å². The maximum absolute atomic E-state index is 12.2. The number of carboxylic acid groups (broad SMARTS) is 1. The van der Waals surface area contributed by atoms with E-state index in [2.05, 4.69) is 15.8 Å². The lowest BCUT2D eigenvalue weighted by atomic mass is 10.1. The third-order valence-corrected chi connectivity index (χ3v) is 4.60. The van der Waals surface area contributed by atoms with Crippen LogP contribution in [0.3, 0.4) is 0 Å². The quantitative estimate of drug-likeness (QED) is 0.330. The van der Waals surface area contributed by atoms with Crippen LogP contribution in [-0.2, 0) is 11.4 Å². The molecule has 0 fully saturated rings. The second kappa shape index (κ2) is 11.3. The van der Waals surface area contributed by atoms with Gasteiger partial charge in [-0.25, -0.2) is 10.2 Å². The number of aromatic carboxylic acids is 1. The Labute approximate surface area is 196 Å². The van der Waals surface area contributed by atoms with Crippen LogP contribution in [-0.4, -0.2) is 36.2 Å². The highest BCUT2D eigenvalue weighted by Gasteiger charge is 2.08. The third-order valence-electron chi connectivity index (χ3n) is 4.60. The Bertz CT molecular complexity index is 1220. The predicted molar refractivity (Wildman–Crippen MR) is 127 cm³/mol. The number of rotatable bonds is 9. The first kappa shape index (κ1) is 24.0. The molecular weight excluding hydrogens is 438 g/mol. The summed E-state index contributed by atoms with van der Waals surface area (Å²) in [5.41, 5.74) is 4.99. The molecule has 0 radical (unpaired) electrons. The number of hydrazone groups is 1. The number of anilines is 1. The number of amides is 2. The highest BCUT2D eigenvalue weighted by molar-refractivity contribution is 5.96. The Morgan fingerprint density at radius 1 is 0.971 bits per heavy atom. The number of nitrogens with one attached hydrogen (secondary N) is 2. The number of methoxy groups -OCH3 is 1. The molecule has 9 heteroatoms. The summed E-state index contributed by atoms with van der Waals surface area (Å²) in [6.07, 6.45) is 1.46. The minimum Gasteiger partial charge on any atom is -0.493 e. The number of benzene rings is 3. The van der Waals surface area contributed by atoms with Gasteiger partial charge in [-0.2, -0.15) is 5.10 Å². The van der Waals surface area contributed by atoms with Gasteiger partial charge in [0, 0.05) is 18.2 Å². The second-order valence-corrected chi connectivity index (χ2v) is 7.16. The van der Waals surface area contributed by atoms with Gasteiger partial charge in [-0.15, -0.1) is 0 Å². The van der Waals surface area contributed by atoms with Gasteiger partial charge in [0.15, 0.2) is 11.5 Å². The molecule has 0 unspecified atom stereocenters. The highest BCUT2D eigenvalue weighted by Crippen LogP contribution is 2.28. The Balaban J connectivity index is 1.60. The molecule has 3 N–H and O–H groups in total. The van der Waals surface area contributed by atoms with Crippen molar-refractivity contribution in [1.29, 1.82) is 0 Å². The van der Waals surface area contributed by atoms with Gasteiger partial charge in [-0.1, -0.05) is 12.1 Å². The molecule has 0 saturated heterocycles. The molecule has 0 heterocycles. The molecule has 0 aliphatic rings. The number of hydrogen-bond donors (Lipinski definition) is 3. The van der Waals surface area contributed by atoms with E-state index in [1.54, 1.807) is 60.7 Å². The summed E-state index contributed by atoms with van der Waals surface area (Å²) in [7, 11) is 1.50. The van der Waals surface area contributed by atoms with Gasteiger partial charge >= 0.3 is 5.97 Å². The van der Waals surface area contributed by atoms with Gasteiger partial charge in [0.25, 0.3) is 5.91 Å². The van der Waals surface area contributed by atoms with Crippen molar-refractivity contribution >= 4 is 29.7 Å². The predicted octanol–water partition coefficient (Wildman–Crippen LogP) is 3.69. The standard InChI is InChI=1S/C25H23N3O6/c1-16(29)27-21-9-7-19(8-10-21)24(30)28-26-14-17-6-11-22(23(13-17)33-2)34-15-18-4-3-5-20(12-18)25(31)32/h3-14H,15H2,1-2H3,(H,27,29)(H,28,30)(H,31,32)/b26-14-. The molecule has 0 aliphatic heterocycles. The van der Waals surface area contributed by atoms with Gasteiger partial charge in [0.2, 0.25) is 5.91 Å². The van der Waals surface area contributed by atoms with Crippen molar-refractivity contribution in [1.82, 2.24) is 5.43 Å². The monoisotopic (exact) mass is 461 g/mol. The summed E-state index contributed by atoms with van der Waals surface area (Å²) in [5.74, 6) is -0.666. The maximum Gasteiger partial charge on any atom is 0.335 e. The summed E-state index contributed by atoms with van der Waals surface area (Å²) < 4.78 is 11.2. The number of ether oxygens (including phenoxy) is 2. The van der Waals surface area contributed by atoms with Gasteiger partial charge in [0.1, 0.15) is 6.61 Å². The fraction of sp³-hybridized carbons (Fsp3) is 0.120. The van der Waals surface area contributed by atoms with Crippen molar-refractivity contribution in [2.24, 2.45) is 5.10 Å². The Morgan fingerprint density at radius 3 is 2.41 bits per heavy atom. The zero-order chi connectivity index (χ0) is 24.5. The molecule has 3 aromatic carbocycles. The van der Waals surface area contributed by atoms with Crippen LogP contribution in [0.2, 0.25) is 0 Å². The number of carbonyl (C=O) groups excluding carboxylic acids is 2. The first-order valence-corrected chi connectivity index (χ1v) is 10.2. The van der Waals surface area contributed by atoms with Crippen LogP contribution < -0.4 is 20.2 Å². The Kier molecular flexibility index (Phi) is 7.96. The fourth-order valence-electron chi connectivity index (χ4n) is 2.98. The normalized spacial score (nSPS) is 10.5. The van der Waals surface area contributed by atoms with Crippen molar-refractivity contribution < 1.29 is 29.0 Å². The lowest BCUT2D eigenvalue weighted by molar-refractivity contribution is -0.114. The van der Waals surface area contributed by atoms with E-state index in [1.807, 2.05) is 0 Å². The molecule has 0 saturated carbocycles. The van der Waals surface area contributed by atoms with E-state index in [0.717, 1.165) is 0 Å². The minimum atomic E-state index is -1.00. The SMILES string of the molecule is COc1cc(/C=N\NC(=O)c2ccc(NC(C)=O)cc2)ccc1OCc1cccc(C(=O)O)c1. The van der Waals surface area contributed by atoms with Crippen LogP contribution in [0.5, 0.6) is 11.5 Å². The van der Waals surface area contributed by atoms with Gasteiger partial charge in [-0.05, 0) is 65.7 Å². The van der Waals surface area contributed by atoms with Crippen molar-refractivity contribution in [2.75, 3.05) is 12.4 Å². The van der Waals surface area contributed by atoms with Gasteiger partial charge < -0.3 is 19.9 Å². The summed E-state index contributed by atoms with van der Waals surface area (Å²) in [4.78, 5) is 34.4. The first-order chi connectivity index (χ1) is 16.4. The molecule has 0 atom stereocenters. The average molecular weight is 461 g/mol. The number of carbonyl (C=O) groups is 3. The van der Waals surface area contributed by atoms with E-state index in [4.69, 9.17) is 14.6 Å². The minimum absolute atomic E-state index is 0.168. The zero-order valence-corrected chi connectivity index (χ0v) is 18.6. The van der Waals surface area contributed by atoms with Crippen molar-refractivity contribution in [3.05, 3.63) is 89.0 Å². The second-order valence-electron chi connectivity index (χ2n) is 7.16. The molecule has 0 bridgehead atoms.